The third-order valence-corrected chi connectivity index (χ3v) is 5.89. The van der Waals surface area contributed by atoms with Gasteiger partial charge < -0.3 is 15.1 Å². The highest BCUT2D eigenvalue weighted by atomic mass is 16.5. The zero-order valence-corrected chi connectivity index (χ0v) is 19.2. The lowest BCUT2D eigenvalue weighted by molar-refractivity contribution is -0.122. The fraction of sp³-hybridized carbons (Fsp3) is 0.400. The van der Waals surface area contributed by atoms with Crippen LogP contribution in [-0.2, 0) is 11.3 Å². The molecule has 8 nitrogen and oxygen atoms in total. The zero-order chi connectivity index (χ0) is 23.8. The van der Waals surface area contributed by atoms with Crippen molar-refractivity contribution in [2.24, 2.45) is 0 Å². The van der Waals surface area contributed by atoms with Crippen molar-refractivity contribution in [3.63, 3.8) is 0 Å². The largest absolute Gasteiger partial charge is 0.378 e. The van der Waals surface area contributed by atoms with Crippen LogP contribution in [0, 0.1) is 0 Å². The maximum Gasteiger partial charge on any atom is 0.274 e. The van der Waals surface area contributed by atoms with Gasteiger partial charge >= 0.3 is 0 Å². The normalized spacial score (nSPS) is 13.8. The highest BCUT2D eigenvalue weighted by molar-refractivity contribution is 5.97. The number of hydrogen-bond acceptors (Lipinski definition) is 5. The molecule has 1 aliphatic carbocycles. The zero-order valence-electron chi connectivity index (χ0n) is 19.2. The molecule has 0 unspecified atom stereocenters. The summed E-state index contributed by atoms with van der Waals surface area (Å²) in [7, 11) is 3.81. The fourth-order valence-electron chi connectivity index (χ4n) is 4.04. The van der Waals surface area contributed by atoms with E-state index in [1.807, 2.05) is 37.2 Å². The van der Waals surface area contributed by atoms with Crippen LogP contribution in [0.3, 0.4) is 0 Å². The fourth-order valence-corrected chi connectivity index (χ4v) is 4.04. The molecule has 0 radical (unpaired) electrons. The van der Waals surface area contributed by atoms with Gasteiger partial charge in [0.05, 0.1) is 0 Å². The molecular weight excluding hydrogens is 420 g/mol. The van der Waals surface area contributed by atoms with Gasteiger partial charge in [-0.2, -0.15) is 0 Å². The Bertz CT molecular complexity index is 969. The van der Waals surface area contributed by atoms with E-state index >= 15 is 0 Å². The molecule has 176 valence electrons. The van der Waals surface area contributed by atoms with Crippen molar-refractivity contribution >= 4 is 23.4 Å². The van der Waals surface area contributed by atoms with Crippen molar-refractivity contribution in [3.05, 3.63) is 65.2 Å². The van der Waals surface area contributed by atoms with Gasteiger partial charge in [0, 0.05) is 43.5 Å². The number of hydroxylamine groups is 1. The number of amides is 3. The Morgan fingerprint density at radius 1 is 0.970 bits per heavy atom. The van der Waals surface area contributed by atoms with Crippen LogP contribution in [-0.4, -0.2) is 54.5 Å². The van der Waals surface area contributed by atoms with Crippen LogP contribution in [0.1, 0.15) is 58.4 Å². The molecule has 2 aromatic carbocycles. The molecule has 2 aromatic rings. The van der Waals surface area contributed by atoms with E-state index in [4.69, 9.17) is 5.21 Å². The molecule has 1 aliphatic rings. The van der Waals surface area contributed by atoms with Crippen LogP contribution in [0.2, 0.25) is 0 Å². The average molecular weight is 453 g/mol. The van der Waals surface area contributed by atoms with E-state index in [2.05, 4.69) is 5.32 Å². The second-order valence-corrected chi connectivity index (χ2v) is 8.65. The molecule has 1 saturated carbocycles. The first-order chi connectivity index (χ1) is 15.9. The summed E-state index contributed by atoms with van der Waals surface area (Å²) in [5, 5.41) is 11.9. The number of hydrogen-bond donors (Lipinski definition) is 3. The highest BCUT2D eigenvalue weighted by Crippen LogP contribution is 2.19. The molecule has 0 atom stereocenters. The summed E-state index contributed by atoms with van der Waals surface area (Å²) in [6.07, 6.45) is 5.36. The predicted molar refractivity (Wildman–Crippen MR) is 126 cm³/mol. The van der Waals surface area contributed by atoms with Gasteiger partial charge in [-0.15, -0.1) is 0 Å². The van der Waals surface area contributed by atoms with Crippen LogP contribution in [0.25, 0.3) is 0 Å². The summed E-state index contributed by atoms with van der Waals surface area (Å²) in [6, 6.07) is 14.0. The van der Waals surface area contributed by atoms with Crippen molar-refractivity contribution in [1.82, 2.24) is 15.7 Å². The topological polar surface area (TPSA) is 102 Å². The Kier molecular flexibility index (Phi) is 8.43. The van der Waals surface area contributed by atoms with Gasteiger partial charge in [-0.1, -0.05) is 37.5 Å². The number of nitrogens with one attached hydrogen (secondary N) is 2. The average Bonchev–Trinajstić information content (AvgIpc) is 2.83. The number of benzene rings is 2. The molecule has 0 saturated heterocycles. The summed E-state index contributed by atoms with van der Waals surface area (Å²) in [6.45, 7) is 0.157. The Morgan fingerprint density at radius 2 is 1.67 bits per heavy atom. The summed E-state index contributed by atoms with van der Waals surface area (Å²) >= 11 is 0. The number of rotatable bonds is 8. The van der Waals surface area contributed by atoms with Gasteiger partial charge in [0.1, 0.15) is 6.54 Å². The van der Waals surface area contributed by atoms with E-state index in [1.165, 1.54) is 11.3 Å². The summed E-state index contributed by atoms with van der Waals surface area (Å²) in [5.74, 6) is -1.02. The minimum Gasteiger partial charge on any atom is -0.378 e. The second-order valence-electron chi connectivity index (χ2n) is 8.65. The van der Waals surface area contributed by atoms with E-state index in [1.54, 1.807) is 35.8 Å². The number of nitrogens with zero attached hydrogens (tertiary/aromatic N) is 2. The van der Waals surface area contributed by atoms with Crippen molar-refractivity contribution < 1.29 is 19.6 Å². The molecular formula is C25H32N4O4. The molecule has 3 N–H and O–H groups in total. The van der Waals surface area contributed by atoms with Crippen LogP contribution in [0.4, 0.5) is 5.69 Å². The van der Waals surface area contributed by atoms with Crippen LogP contribution in [0.15, 0.2) is 48.5 Å². The van der Waals surface area contributed by atoms with Gasteiger partial charge in [-0.3, -0.25) is 19.6 Å². The third kappa shape index (κ3) is 6.79. The van der Waals surface area contributed by atoms with E-state index in [0.717, 1.165) is 36.9 Å². The molecule has 3 rings (SSSR count). The number of anilines is 1. The van der Waals surface area contributed by atoms with Crippen molar-refractivity contribution in [1.29, 1.82) is 0 Å². The summed E-state index contributed by atoms with van der Waals surface area (Å²) in [5.41, 5.74) is 4.07. The Morgan fingerprint density at radius 3 is 2.30 bits per heavy atom. The molecule has 0 aromatic heterocycles. The van der Waals surface area contributed by atoms with Crippen molar-refractivity contribution in [2.75, 3.05) is 25.5 Å². The van der Waals surface area contributed by atoms with Gasteiger partial charge in [0.2, 0.25) is 5.91 Å². The van der Waals surface area contributed by atoms with E-state index in [9.17, 15) is 14.4 Å². The van der Waals surface area contributed by atoms with Crippen molar-refractivity contribution in [3.8, 4) is 0 Å². The first kappa shape index (κ1) is 24.3. The second kappa shape index (κ2) is 11.5. The third-order valence-electron chi connectivity index (χ3n) is 5.89. The molecule has 1 fully saturated rings. The van der Waals surface area contributed by atoms with E-state index in [0.29, 0.717) is 11.1 Å². The summed E-state index contributed by atoms with van der Waals surface area (Å²) in [4.78, 5) is 41.2. The monoisotopic (exact) mass is 452 g/mol. The van der Waals surface area contributed by atoms with E-state index in [-0.39, 0.29) is 30.9 Å². The number of carbonyl (C=O) groups excluding carboxylic acids is 3. The van der Waals surface area contributed by atoms with Crippen LogP contribution >= 0.6 is 0 Å². The standard InChI is InChI=1S/C25H32N4O4/c1-28(2)22-10-6-7-20(15-22)25(32)29(17-23(30)26-21-8-4-3-5-9-21)16-18-11-13-19(14-12-18)24(31)27-33/h6-7,10-15,21,33H,3-5,8-9,16-17H2,1-2H3,(H,26,30)(H,27,31). The minimum atomic E-state index is -0.609. The summed E-state index contributed by atoms with van der Waals surface area (Å²) < 4.78 is 0. The SMILES string of the molecule is CN(C)c1cccc(C(=O)N(CC(=O)NC2CCCCC2)Cc2ccc(C(=O)NO)cc2)c1. The molecule has 33 heavy (non-hydrogen) atoms. The van der Waals surface area contributed by atoms with Gasteiger partial charge in [-0.05, 0) is 48.7 Å². The first-order valence-corrected chi connectivity index (χ1v) is 11.3. The molecule has 0 heterocycles. The van der Waals surface area contributed by atoms with E-state index < -0.39 is 5.91 Å². The van der Waals surface area contributed by atoms with Gasteiger partial charge in [0.15, 0.2) is 0 Å². The highest BCUT2D eigenvalue weighted by Gasteiger charge is 2.22. The van der Waals surface area contributed by atoms with Crippen molar-refractivity contribution in [2.45, 2.75) is 44.7 Å². The van der Waals surface area contributed by atoms with Crippen LogP contribution < -0.4 is 15.7 Å². The first-order valence-electron chi connectivity index (χ1n) is 11.3. The lowest BCUT2D eigenvalue weighted by Crippen LogP contribution is -2.44. The molecule has 3 amide bonds. The Labute approximate surface area is 194 Å². The minimum absolute atomic E-state index is 0.0552. The van der Waals surface area contributed by atoms with Gasteiger partial charge in [-0.25, -0.2) is 5.48 Å². The lowest BCUT2D eigenvalue weighted by atomic mass is 9.95. The quantitative estimate of drug-likeness (QED) is 0.422. The predicted octanol–water partition coefficient (Wildman–Crippen LogP) is 2.96. The molecule has 0 bridgehead atoms. The number of carbonyl (C=O) groups is 3. The smallest absolute Gasteiger partial charge is 0.274 e. The molecule has 0 aliphatic heterocycles. The Balaban J connectivity index is 1.78. The molecule has 0 spiro atoms. The molecule has 8 heteroatoms. The Hall–Kier alpha value is -3.39. The van der Waals surface area contributed by atoms with Crippen LogP contribution in [0.5, 0.6) is 0 Å². The lowest BCUT2D eigenvalue weighted by Gasteiger charge is -2.26. The van der Waals surface area contributed by atoms with Gasteiger partial charge in [0.25, 0.3) is 11.8 Å². The maximum atomic E-state index is 13.4. The maximum absolute atomic E-state index is 13.4.